The number of carbonyl (C=O) groups is 1. The van der Waals surface area contributed by atoms with E-state index in [-0.39, 0.29) is 29.2 Å². The second-order valence-corrected chi connectivity index (χ2v) is 6.47. The molecular formula is C20H20N4O4. The second kappa shape index (κ2) is 8.43. The Morgan fingerprint density at radius 3 is 2.64 bits per heavy atom. The number of nitrogens with one attached hydrogen (secondary N) is 1. The summed E-state index contributed by atoms with van der Waals surface area (Å²) in [5.41, 5.74) is 0.954. The van der Waals surface area contributed by atoms with E-state index in [0.29, 0.717) is 11.1 Å². The molecule has 8 heteroatoms. The van der Waals surface area contributed by atoms with E-state index in [1.807, 2.05) is 19.9 Å². The van der Waals surface area contributed by atoms with Gasteiger partial charge in [0.2, 0.25) is 11.7 Å². The summed E-state index contributed by atoms with van der Waals surface area (Å²) < 4.78 is 5.40. The first-order valence-corrected chi connectivity index (χ1v) is 8.94. The van der Waals surface area contributed by atoms with Gasteiger partial charge in [-0.05, 0) is 18.1 Å². The number of benzene rings is 2. The van der Waals surface area contributed by atoms with Crippen molar-refractivity contribution < 1.29 is 14.2 Å². The zero-order valence-electron chi connectivity index (χ0n) is 15.5. The van der Waals surface area contributed by atoms with Crippen LogP contribution in [0.4, 0.5) is 5.69 Å². The van der Waals surface area contributed by atoms with Crippen molar-refractivity contribution in [2.75, 3.05) is 0 Å². The van der Waals surface area contributed by atoms with E-state index in [1.54, 1.807) is 36.4 Å². The van der Waals surface area contributed by atoms with Crippen molar-refractivity contribution >= 4 is 11.6 Å². The molecule has 1 heterocycles. The van der Waals surface area contributed by atoms with Crippen molar-refractivity contribution in [3.8, 4) is 11.4 Å². The molecule has 3 aromatic rings. The Balaban J connectivity index is 1.87. The molecule has 2 atom stereocenters. The molecule has 0 aliphatic carbocycles. The Kier molecular flexibility index (Phi) is 5.78. The van der Waals surface area contributed by atoms with Gasteiger partial charge in [0.15, 0.2) is 0 Å². The first kappa shape index (κ1) is 19.2. The van der Waals surface area contributed by atoms with Gasteiger partial charge in [-0.15, -0.1) is 0 Å². The molecule has 2 aromatic carbocycles. The first-order chi connectivity index (χ1) is 13.5. The van der Waals surface area contributed by atoms with Crippen molar-refractivity contribution in [2.45, 2.75) is 26.3 Å². The Labute approximate surface area is 161 Å². The van der Waals surface area contributed by atoms with Gasteiger partial charge in [0.05, 0.1) is 4.92 Å². The van der Waals surface area contributed by atoms with Crippen LogP contribution in [0.5, 0.6) is 0 Å². The molecule has 144 valence electrons. The van der Waals surface area contributed by atoms with E-state index in [4.69, 9.17) is 4.52 Å². The molecule has 28 heavy (non-hydrogen) atoms. The van der Waals surface area contributed by atoms with Gasteiger partial charge in [0, 0.05) is 23.3 Å². The van der Waals surface area contributed by atoms with Crippen molar-refractivity contribution in [1.29, 1.82) is 0 Å². The lowest BCUT2D eigenvalue weighted by Gasteiger charge is -2.20. The van der Waals surface area contributed by atoms with Gasteiger partial charge in [-0.2, -0.15) is 4.98 Å². The number of nitrogens with zero attached hydrogens (tertiary/aromatic N) is 3. The van der Waals surface area contributed by atoms with Crippen molar-refractivity contribution in [3.63, 3.8) is 0 Å². The quantitative estimate of drug-likeness (QED) is 0.486. The van der Waals surface area contributed by atoms with E-state index in [9.17, 15) is 14.9 Å². The molecule has 1 N–H and O–H groups in total. The normalized spacial score (nSPS) is 12.9. The van der Waals surface area contributed by atoms with E-state index < -0.39 is 11.0 Å². The number of amides is 1. The number of rotatable bonds is 7. The average molecular weight is 380 g/mol. The van der Waals surface area contributed by atoms with E-state index in [1.165, 1.54) is 12.1 Å². The molecule has 1 amide bonds. The zero-order valence-corrected chi connectivity index (χ0v) is 15.5. The summed E-state index contributed by atoms with van der Waals surface area (Å²) in [6.07, 6.45) is 0.786. The molecule has 0 fully saturated rings. The van der Waals surface area contributed by atoms with Crippen molar-refractivity contribution in [3.05, 3.63) is 76.2 Å². The van der Waals surface area contributed by atoms with Gasteiger partial charge in [0.1, 0.15) is 6.04 Å². The van der Waals surface area contributed by atoms with Crippen LogP contribution in [0.2, 0.25) is 0 Å². The van der Waals surface area contributed by atoms with Crippen LogP contribution in [0.3, 0.4) is 0 Å². The highest BCUT2D eigenvalue weighted by Gasteiger charge is 2.27. The summed E-state index contributed by atoms with van der Waals surface area (Å²) in [6.45, 7) is 3.98. The maximum Gasteiger partial charge on any atom is 0.270 e. The van der Waals surface area contributed by atoms with Crippen LogP contribution < -0.4 is 5.32 Å². The number of nitro groups is 1. The topological polar surface area (TPSA) is 111 Å². The minimum atomic E-state index is -0.480. The first-order valence-electron chi connectivity index (χ1n) is 8.94. The lowest BCUT2D eigenvalue weighted by Crippen LogP contribution is -2.32. The molecule has 0 aliphatic rings. The predicted octanol–water partition coefficient (Wildman–Crippen LogP) is 4.16. The lowest BCUT2D eigenvalue weighted by atomic mass is 9.98. The van der Waals surface area contributed by atoms with Gasteiger partial charge in [0.25, 0.3) is 11.6 Å². The predicted molar refractivity (Wildman–Crippen MR) is 102 cm³/mol. The van der Waals surface area contributed by atoms with Crippen LogP contribution in [0.1, 0.15) is 42.6 Å². The zero-order chi connectivity index (χ0) is 20.1. The Hall–Kier alpha value is -3.55. The SMILES string of the molecule is CC[C@H](C)[C@H](NC(=O)c1ccccc1)c1nc(-c2cccc([N+](=O)[O-])c2)no1. The molecule has 3 rings (SSSR count). The number of nitro benzene ring substituents is 1. The highest BCUT2D eigenvalue weighted by Crippen LogP contribution is 2.27. The monoisotopic (exact) mass is 380 g/mol. The van der Waals surface area contributed by atoms with Gasteiger partial charge in [-0.3, -0.25) is 14.9 Å². The number of hydrogen-bond donors (Lipinski definition) is 1. The second-order valence-electron chi connectivity index (χ2n) is 6.47. The van der Waals surface area contributed by atoms with Crippen LogP contribution in [0, 0.1) is 16.0 Å². The smallest absolute Gasteiger partial charge is 0.270 e. The minimum Gasteiger partial charge on any atom is -0.340 e. The highest BCUT2D eigenvalue weighted by atomic mass is 16.6. The molecule has 8 nitrogen and oxygen atoms in total. The number of aromatic nitrogens is 2. The van der Waals surface area contributed by atoms with Crippen LogP contribution in [0.25, 0.3) is 11.4 Å². The van der Waals surface area contributed by atoms with Gasteiger partial charge in [-0.1, -0.05) is 55.8 Å². The van der Waals surface area contributed by atoms with Crippen LogP contribution in [-0.4, -0.2) is 21.0 Å². The summed E-state index contributed by atoms with van der Waals surface area (Å²) >= 11 is 0. The van der Waals surface area contributed by atoms with Gasteiger partial charge in [-0.25, -0.2) is 0 Å². The fourth-order valence-electron chi connectivity index (χ4n) is 2.73. The van der Waals surface area contributed by atoms with Crippen molar-refractivity contribution in [1.82, 2.24) is 15.5 Å². The molecule has 0 saturated carbocycles. The Bertz CT molecular complexity index is 971. The maximum absolute atomic E-state index is 12.6. The third-order valence-electron chi connectivity index (χ3n) is 4.56. The highest BCUT2D eigenvalue weighted by molar-refractivity contribution is 5.94. The molecule has 0 bridgehead atoms. The Morgan fingerprint density at radius 1 is 1.21 bits per heavy atom. The lowest BCUT2D eigenvalue weighted by molar-refractivity contribution is -0.384. The third kappa shape index (κ3) is 4.22. The summed E-state index contributed by atoms with van der Waals surface area (Å²) in [5.74, 6) is 0.313. The molecule has 0 unspecified atom stereocenters. The molecule has 1 aromatic heterocycles. The number of non-ortho nitro benzene ring substituents is 1. The van der Waals surface area contributed by atoms with E-state index >= 15 is 0 Å². The van der Waals surface area contributed by atoms with Crippen LogP contribution >= 0.6 is 0 Å². The molecule has 0 saturated heterocycles. The summed E-state index contributed by atoms with van der Waals surface area (Å²) in [7, 11) is 0. The van der Waals surface area contributed by atoms with Gasteiger partial charge < -0.3 is 9.84 Å². The van der Waals surface area contributed by atoms with Crippen LogP contribution in [0.15, 0.2) is 59.1 Å². The average Bonchev–Trinajstić information content (AvgIpc) is 3.22. The summed E-state index contributed by atoms with van der Waals surface area (Å²) in [4.78, 5) is 27.4. The summed E-state index contributed by atoms with van der Waals surface area (Å²) in [5, 5.41) is 17.9. The van der Waals surface area contributed by atoms with Crippen LogP contribution in [-0.2, 0) is 0 Å². The third-order valence-corrected chi connectivity index (χ3v) is 4.56. The van der Waals surface area contributed by atoms with Crippen molar-refractivity contribution in [2.24, 2.45) is 5.92 Å². The number of hydrogen-bond acceptors (Lipinski definition) is 6. The van der Waals surface area contributed by atoms with E-state index in [2.05, 4.69) is 15.5 Å². The van der Waals surface area contributed by atoms with Gasteiger partial charge >= 0.3 is 0 Å². The fraction of sp³-hybridized carbons (Fsp3) is 0.250. The largest absolute Gasteiger partial charge is 0.340 e. The van der Waals surface area contributed by atoms with E-state index in [0.717, 1.165) is 6.42 Å². The molecule has 0 spiro atoms. The standard InChI is InChI=1S/C20H20N4O4/c1-3-13(2)17(21-19(25)14-8-5-4-6-9-14)20-22-18(23-28-20)15-10-7-11-16(12-15)24(26)27/h4-13,17H,3H2,1-2H3,(H,21,25)/t13-,17-/m0/s1. The Morgan fingerprint density at radius 2 is 1.96 bits per heavy atom. The maximum atomic E-state index is 12.6. The summed E-state index contributed by atoms with van der Waals surface area (Å²) in [6, 6.07) is 14.4. The molecule has 0 aliphatic heterocycles. The number of carbonyl (C=O) groups excluding carboxylic acids is 1. The fourth-order valence-corrected chi connectivity index (χ4v) is 2.73. The molecule has 0 radical (unpaired) electrons. The minimum absolute atomic E-state index is 0.0473. The molecular weight excluding hydrogens is 360 g/mol.